The van der Waals surface area contributed by atoms with Crippen LogP contribution in [0.3, 0.4) is 0 Å². The average molecular weight is 253 g/mol. The van der Waals surface area contributed by atoms with Gasteiger partial charge < -0.3 is 9.84 Å². The van der Waals surface area contributed by atoms with Gasteiger partial charge in [-0.15, -0.1) is 10.2 Å². The second-order valence-corrected chi connectivity index (χ2v) is 4.52. The van der Waals surface area contributed by atoms with Gasteiger partial charge in [0.15, 0.2) is 10.8 Å². The van der Waals surface area contributed by atoms with Crippen molar-refractivity contribution in [2.45, 2.75) is 18.2 Å². The highest BCUT2D eigenvalue weighted by atomic mass is 32.2. The summed E-state index contributed by atoms with van der Waals surface area (Å²) in [6.07, 6.45) is 1.43. The molecule has 5 nitrogen and oxygen atoms in total. The molecule has 1 unspecified atom stereocenters. The van der Waals surface area contributed by atoms with Crippen LogP contribution in [-0.4, -0.2) is 44.8 Å². The third kappa shape index (κ3) is 3.18. The summed E-state index contributed by atoms with van der Waals surface area (Å²) in [5, 5.41) is 18.5. The molecule has 0 saturated carbocycles. The number of pyridine rings is 1. The van der Waals surface area contributed by atoms with Gasteiger partial charge in [0.05, 0.1) is 12.7 Å². The van der Waals surface area contributed by atoms with Gasteiger partial charge in [0.2, 0.25) is 0 Å². The SMILES string of the molecule is CCOCC(O)CSc1nnc2ccccn12. The quantitative estimate of drug-likeness (QED) is 0.784. The highest BCUT2D eigenvalue weighted by Gasteiger charge is 2.09. The number of fused-ring (bicyclic) bond motifs is 1. The highest BCUT2D eigenvalue weighted by Crippen LogP contribution is 2.17. The lowest BCUT2D eigenvalue weighted by molar-refractivity contribution is 0.0551. The van der Waals surface area contributed by atoms with Crippen LogP contribution in [-0.2, 0) is 4.74 Å². The van der Waals surface area contributed by atoms with Gasteiger partial charge in [0.1, 0.15) is 0 Å². The zero-order chi connectivity index (χ0) is 12.1. The lowest BCUT2D eigenvalue weighted by Gasteiger charge is -2.08. The van der Waals surface area contributed by atoms with Gasteiger partial charge >= 0.3 is 0 Å². The van der Waals surface area contributed by atoms with Crippen LogP contribution in [0.15, 0.2) is 29.6 Å². The Kier molecular flexibility index (Phi) is 4.36. The van der Waals surface area contributed by atoms with Crippen LogP contribution >= 0.6 is 11.8 Å². The van der Waals surface area contributed by atoms with Crippen LogP contribution in [0.25, 0.3) is 5.65 Å². The van der Waals surface area contributed by atoms with E-state index in [0.717, 1.165) is 10.8 Å². The van der Waals surface area contributed by atoms with Crippen molar-refractivity contribution >= 4 is 17.4 Å². The van der Waals surface area contributed by atoms with Crippen LogP contribution in [0.2, 0.25) is 0 Å². The molecule has 92 valence electrons. The number of aliphatic hydroxyl groups excluding tert-OH is 1. The zero-order valence-electron chi connectivity index (χ0n) is 9.61. The molecule has 0 saturated heterocycles. The van der Waals surface area contributed by atoms with Crippen molar-refractivity contribution in [3.63, 3.8) is 0 Å². The number of aromatic nitrogens is 3. The van der Waals surface area contributed by atoms with Gasteiger partial charge in [-0.2, -0.15) is 0 Å². The van der Waals surface area contributed by atoms with E-state index < -0.39 is 6.10 Å². The molecule has 2 aromatic heterocycles. The second kappa shape index (κ2) is 6.00. The lowest BCUT2D eigenvalue weighted by Crippen LogP contribution is -2.18. The first-order valence-corrected chi connectivity index (χ1v) is 6.48. The summed E-state index contributed by atoms with van der Waals surface area (Å²) >= 11 is 1.47. The molecule has 0 aliphatic carbocycles. The molecule has 2 heterocycles. The molecule has 0 radical (unpaired) electrons. The fourth-order valence-electron chi connectivity index (χ4n) is 1.39. The number of aliphatic hydroxyl groups is 1. The van der Waals surface area contributed by atoms with Crippen LogP contribution in [0.4, 0.5) is 0 Å². The predicted octanol–water partition coefficient (Wildman–Crippen LogP) is 1.22. The maximum Gasteiger partial charge on any atom is 0.195 e. The maximum absolute atomic E-state index is 9.65. The molecular weight excluding hydrogens is 238 g/mol. The largest absolute Gasteiger partial charge is 0.390 e. The van der Waals surface area contributed by atoms with Gasteiger partial charge in [0.25, 0.3) is 0 Å². The van der Waals surface area contributed by atoms with Crippen LogP contribution < -0.4 is 0 Å². The first kappa shape index (κ1) is 12.3. The van der Waals surface area contributed by atoms with E-state index >= 15 is 0 Å². The van der Waals surface area contributed by atoms with Crippen molar-refractivity contribution in [1.29, 1.82) is 0 Å². The number of rotatable bonds is 6. The van der Waals surface area contributed by atoms with Gasteiger partial charge in [-0.05, 0) is 19.1 Å². The molecule has 2 aromatic rings. The summed E-state index contributed by atoms with van der Waals surface area (Å²) in [5.74, 6) is 0.551. The van der Waals surface area contributed by atoms with E-state index in [4.69, 9.17) is 4.74 Å². The Morgan fingerprint density at radius 1 is 1.47 bits per heavy atom. The van der Waals surface area contributed by atoms with E-state index in [2.05, 4.69) is 10.2 Å². The van der Waals surface area contributed by atoms with Crippen LogP contribution in [0.5, 0.6) is 0 Å². The molecule has 1 atom stereocenters. The number of ether oxygens (including phenoxy) is 1. The topological polar surface area (TPSA) is 59.7 Å². The Balaban J connectivity index is 1.95. The Hall–Kier alpha value is -1.11. The molecule has 0 fully saturated rings. The lowest BCUT2D eigenvalue weighted by atomic mass is 10.4. The van der Waals surface area contributed by atoms with E-state index in [-0.39, 0.29) is 0 Å². The van der Waals surface area contributed by atoms with E-state index in [1.165, 1.54) is 11.8 Å². The summed E-state index contributed by atoms with van der Waals surface area (Å²) in [5.41, 5.74) is 0.814. The fraction of sp³-hybridized carbons (Fsp3) is 0.455. The minimum absolute atomic E-state index is 0.361. The second-order valence-electron chi connectivity index (χ2n) is 3.54. The molecule has 0 aliphatic heterocycles. The van der Waals surface area contributed by atoms with E-state index in [0.29, 0.717) is 19.0 Å². The van der Waals surface area contributed by atoms with Gasteiger partial charge in [-0.25, -0.2) is 0 Å². The standard InChI is InChI=1S/C11H15N3O2S/c1-2-16-7-9(15)8-17-11-13-12-10-5-3-4-6-14(10)11/h3-6,9,15H,2,7-8H2,1H3. The smallest absolute Gasteiger partial charge is 0.195 e. The molecule has 0 amide bonds. The zero-order valence-corrected chi connectivity index (χ0v) is 10.4. The highest BCUT2D eigenvalue weighted by molar-refractivity contribution is 7.99. The third-order valence-electron chi connectivity index (χ3n) is 2.20. The average Bonchev–Trinajstić information content (AvgIpc) is 2.77. The van der Waals surface area contributed by atoms with Gasteiger partial charge in [0, 0.05) is 18.6 Å². The summed E-state index contributed by atoms with van der Waals surface area (Å²) in [7, 11) is 0. The molecule has 0 spiro atoms. The monoisotopic (exact) mass is 253 g/mol. The fourth-order valence-corrected chi connectivity index (χ4v) is 2.22. The van der Waals surface area contributed by atoms with Crippen molar-refractivity contribution < 1.29 is 9.84 Å². The van der Waals surface area contributed by atoms with Crippen molar-refractivity contribution in [1.82, 2.24) is 14.6 Å². The van der Waals surface area contributed by atoms with Crippen molar-refractivity contribution in [3.8, 4) is 0 Å². The first-order chi connectivity index (χ1) is 8.31. The van der Waals surface area contributed by atoms with Crippen LogP contribution in [0, 0.1) is 0 Å². The summed E-state index contributed by atoms with van der Waals surface area (Å²) in [4.78, 5) is 0. The molecule has 0 aromatic carbocycles. The number of hydrogen-bond acceptors (Lipinski definition) is 5. The number of thioether (sulfide) groups is 1. The van der Waals surface area contributed by atoms with Gasteiger partial charge in [-0.3, -0.25) is 4.40 Å². The summed E-state index contributed by atoms with van der Waals surface area (Å²) in [6.45, 7) is 2.89. The van der Waals surface area contributed by atoms with E-state index in [1.807, 2.05) is 35.7 Å². The molecule has 2 rings (SSSR count). The van der Waals surface area contributed by atoms with Crippen molar-refractivity contribution in [2.24, 2.45) is 0 Å². The normalized spacial score (nSPS) is 13.1. The first-order valence-electron chi connectivity index (χ1n) is 5.49. The Labute approximate surface area is 104 Å². The Morgan fingerprint density at radius 2 is 2.35 bits per heavy atom. The summed E-state index contributed by atoms with van der Waals surface area (Å²) in [6, 6.07) is 5.74. The number of nitrogens with zero attached hydrogens (tertiary/aromatic N) is 3. The number of hydrogen-bond donors (Lipinski definition) is 1. The van der Waals surface area contributed by atoms with Crippen molar-refractivity contribution in [3.05, 3.63) is 24.4 Å². The predicted molar refractivity (Wildman–Crippen MR) is 66.2 cm³/mol. The minimum atomic E-state index is -0.476. The Bertz CT molecular complexity index is 474. The van der Waals surface area contributed by atoms with Crippen molar-refractivity contribution in [2.75, 3.05) is 19.0 Å². The van der Waals surface area contributed by atoms with E-state index in [9.17, 15) is 5.11 Å². The molecule has 6 heteroatoms. The maximum atomic E-state index is 9.65. The molecule has 1 N–H and O–H groups in total. The van der Waals surface area contributed by atoms with Gasteiger partial charge in [-0.1, -0.05) is 17.8 Å². The molecular formula is C11H15N3O2S. The third-order valence-corrected chi connectivity index (χ3v) is 3.29. The molecule has 0 aliphatic rings. The minimum Gasteiger partial charge on any atom is -0.390 e. The van der Waals surface area contributed by atoms with Crippen LogP contribution in [0.1, 0.15) is 6.92 Å². The summed E-state index contributed by atoms with van der Waals surface area (Å²) < 4.78 is 7.05. The molecule has 17 heavy (non-hydrogen) atoms. The Morgan fingerprint density at radius 3 is 3.18 bits per heavy atom. The van der Waals surface area contributed by atoms with E-state index in [1.54, 1.807) is 0 Å². The molecule has 0 bridgehead atoms.